The number of fused-ring (bicyclic) bond motifs is 1. The van der Waals surface area contributed by atoms with Crippen LogP contribution in [0.5, 0.6) is 0 Å². The van der Waals surface area contributed by atoms with Gasteiger partial charge in [-0.05, 0) is 59.4 Å². The predicted octanol–water partition coefficient (Wildman–Crippen LogP) is 4.72. The van der Waals surface area contributed by atoms with Crippen LogP contribution in [0.1, 0.15) is 70.7 Å². The van der Waals surface area contributed by atoms with Gasteiger partial charge in [0, 0.05) is 12.6 Å². The first-order chi connectivity index (χ1) is 16.7. The fraction of sp³-hybridized carbons (Fsp3) is 0.520. The monoisotopic (exact) mass is 507 g/mol. The molecule has 1 atom stereocenters. The fourth-order valence-corrected chi connectivity index (χ4v) is 3.74. The highest BCUT2D eigenvalue weighted by atomic mass is 19.4. The Morgan fingerprint density at radius 3 is 2.33 bits per heavy atom. The Labute approximate surface area is 208 Å². The Bertz CT molecular complexity index is 1120. The van der Waals surface area contributed by atoms with E-state index in [1.165, 1.54) is 18.4 Å². The van der Waals surface area contributed by atoms with Gasteiger partial charge in [-0.15, -0.1) is 10.2 Å². The lowest BCUT2D eigenvalue weighted by molar-refractivity contribution is -0.127. The van der Waals surface area contributed by atoms with Crippen LogP contribution in [0.25, 0.3) is 6.20 Å². The number of amides is 2. The molecule has 11 heteroatoms. The number of ether oxygens (including phenoxy) is 1. The van der Waals surface area contributed by atoms with Gasteiger partial charge in [-0.25, -0.2) is 4.79 Å². The molecule has 0 saturated heterocycles. The van der Waals surface area contributed by atoms with Gasteiger partial charge in [0.1, 0.15) is 17.0 Å². The van der Waals surface area contributed by atoms with Crippen LogP contribution in [-0.4, -0.2) is 44.1 Å². The first kappa shape index (κ1) is 27.2. The Morgan fingerprint density at radius 2 is 1.72 bits per heavy atom. The minimum absolute atomic E-state index is 0.0867. The summed E-state index contributed by atoms with van der Waals surface area (Å²) in [5.74, 6) is 0.0477. The van der Waals surface area contributed by atoms with Crippen LogP contribution in [0, 0.1) is 0 Å². The van der Waals surface area contributed by atoms with Gasteiger partial charge < -0.3 is 15.4 Å². The van der Waals surface area contributed by atoms with Crippen LogP contribution < -0.4 is 10.6 Å². The summed E-state index contributed by atoms with van der Waals surface area (Å²) in [6.45, 7) is 8.15. The van der Waals surface area contributed by atoms with Crippen molar-refractivity contribution in [2.75, 3.05) is 0 Å². The second-order valence-electron chi connectivity index (χ2n) is 10.3. The number of carbonyl (C=O) groups is 2. The molecule has 0 spiro atoms. The van der Waals surface area contributed by atoms with Gasteiger partial charge in [0.25, 0.3) is 0 Å². The third-order valence-electron chi connectivity index (χ3n) is 5.62. The maximum absolute atomic E-state index is 13.4. The summed E-state index contributed by atoms with van der Waals surface area (Å²) < 4.78 is 46.8. The second-order valence-corrected chi connectivity index (χ2v) is 10.3. The summed E-state index contributed by atoms with van der Waals surface area (Å²) in [6.07, 6.45) is -3.45. The van der Waals surface area contributed by atoms with Crippen LogP contribution in [0.15, 0.2) is 35.9 Å². The van der Waals surface area contributed by atoms with Crippen LogP contribution in [0.3, 0.4) is 0 Å². The summed E-state index contributed by atoms with van der Waals surface area (Å²) in [6, 6.07) is 8.73. The lowest BCUT2D eigenvalue weighted by atomic mass is 10.0. The van der Waals surface area contributed by atoms with Crippen LogP contribution >= 0.6 is 0 Å². The Balaban J connectivity index is 1.87. The van der Waals surface area contributed by atoms with Gasteiger partial charge in [-0.1, -0.05) is 30.3 Å². The molecule has 0 saturated carbocycles. The Kier molecular flexibility index (Phi) is 7.80. The van der Waals surface area contributed by atoms with Crippen molar-refractivity contribution in [2.24, 2.45) is 0 Å². The maximum Gasteiger partial charge on any atom is 0.414 e. The topological polar surface area (TPSA) is 98.1 Å². The number of allylic oxidation sites excluding steroid dienone is 1. The largest absolute Gasteiger partial charge is 0.444 e. The van der Waals surface area contributed by atoms with E-state index in [-0.39, 0.29) is 18.7 Å². The molecule has 8 nitrogen and oxygen atoms in total. The van der Waals surface area contributed by atoms with Gasteiger partial charge in [0.05, 0.1) is 11.6 Å². The molecule has 0 unspecified atom stereocenters. The standard InChI is InChI=1S/C25H32F3N5O3/c1-23(2,3)36-22(35)30-24(4,5)21(34)29-18(13-11-16-9-7-6-8-10-16)20-32-31-19-14-12-17(15-33(19)20)25(26,27)28/h6-10,15,18H,11-14H2,1-5H3,(H,29,34)(H,30,35)/t18-/m1/s1. The SMILES string of the molecule is CC(C)(C)OC(=O)NC(C)(C)C(=O)N[C@H](CCc1ccccc1)c1nnc2n1C=C(C(F)(F)F)CC2. The predicted molar refractivity (Wildman–Crippen MR) is 128 cm³/mol. The molecule has 0 radical (unpaired) electrons. The van der Waals surface area contributed by atoms with Crippen molar-refractivity contribution in [3.05, 3.63) is 53.1 Å². The van der Waals surface area contributed by atoms with Gasteiger partial charge in [0.2, 0.25) is 5.91 Å². The number of hydrogen-bond acceptors (Lipinski definition) is 5. The van der Waals surface area contributed by atoms with E-state index in [1.54, 1.807) is 20.8 Å². The number of aromatic nitrogens is 3. The minimum atomic E-state index is -4.47. The summed E-state index contributed by atoms with van der Waals surface area (Å²) in [5.41, 5.74) is -1.81. The summed E-state index contributed by atoms with van der Waals surface area (Å²) >= 11 is 0. The van der Waals surface area contributed by atoms with E-state index in [0.717, 1.165) is 11.8 Å². The van der Waals surface area contributed by atoms with Crippen LogP contribution in [0.4, 0.5) is 18.0 Å². The number of rotatable bonds is 7. The smallest absolute Gasteiger partial charge is 0.414 e. The van der Waals surface area contributed by atoms with E-state index >= 15 is 0 Å². The van der Waals surface area contributed by atoms with Crippen molar-refractivity contribution >= 4 is 18.2 Å². The van der Waals surface area contributed by atoms with Crippen molar-refractivity contribution in [2.45, 2.75) is 83.7 Å². The third-order valence-corrected chi connectivity index (χ3v) is 5.62. The van der Waals surface area contributed by atoms with Crippen molar-refractivity contribution < 1.29 is 27.5 Å². The number of halogens is 3. The zero-order valence-corrected chi connectivity index (χ0v) is 21.1. The van der Waals surface area contributed by atoms with E-state index in [4.69, 9.17) is 4.74 Å². The molecule has 1 aromatic heterocycles. The van der Waals surface area contributed by atoms with Crippen molar-refractivity contribution in [3.8, 4) is 0 Å². The van der Waals surface area contributed by atoms with E-state index in [9.17, 15) is 22.8 Å². The Morgan fingerprint density at radius 1 is 1.06 bits per heavy atom. The normalized spacial score (nSPS) is 14.9. The number of alkyl halides is 3. The molecule has 2 heterocycles. The molecule has 2 amide bonds. The molecular formula is C25H32F3N5O3. The minimum Gasteiger partial charge on any atom is -0.444 e. The molecule has 1 aliphatic heterocycles. The highest BCUT2D eigenvalue weighted by Gasteiger charge is 2.38. The number of carbonyl (C=O) groups excluding carboxylic acids is 2. The number of nitrogens with zero attached hydrogens (tertiary/aromatic N) is 3. The van der Waals surface area contributed by atoms with Crippen molar-refractivity contribution in [1.82, 2.24) is 25.4 Å². The zero-order chi connectivity index (χ0) is 26.7. The van der Waals surface area contributed by atoms with Crippen molar-refractivity contribution in [3.63, 3.8) is 0 Å². The average Bonchev–Trinajstić information content (AvgIpc) is 3.18. The molecule has 2 aromatic rings. The Hall–Kier alpha value is -3.37. The van der Waals surface area contributed by atoms with Crippen LogP contribution in [-0.2, 0) is 22.4 Å². The second kappa shape index (κ2) is 10.3. The fourth-order valence-electron chi connectivity index (χ4n) is 3.74. The molecule has 0 aliphatic carbocycles. The van der Waals surface area contributed by atoms with Gasteiger partial charge in [-0.2, -0.15) is 13.2 Å². The molecule has 2 N–H and O–H groups in total. The van der Waals surface area contributed by atoms with E-state index in [1.807, 2.05) is 30.3 Å². The number of benzene rings is 1. The summed E-state index contributed by atoms with van der Waals surface area (Å²) in [7, 11) is 0. The van der Waals surface area contributed by atoms with Gasteiger partial charge in [-0.3, -0.25) is 9.36 Å². The first-order valence-corrected chi connectivity index (χ1v) is 11.7. The maximum atomic E-state index is 13.4. The number of aryl methyl sites for hydroxylation is 2. The van der Waals surface area contributed by atoms with E-state index < -0.39 is 40.9 Å². The quantitative estimate of drug-likeness (QED) is 0.565. The highest BCUT2D eigenvalue weighted by molar-refractivity contribution is 5.89. The molecule has 196 valence electrons. The van der Waals surface area contributed by atoms with Gasteiger partial charge >= 0.3 is 12.3 Å². The van der Waals surface area contributed by atoms with Crippen LogP contribution in [0.2, 0.25) is 0 Å². The highest BCUT2D eigenvalue weighted by Crippen LogP contribution is 2.34. The number of alkyl carbamates (subject to hydrolysis) is 1. The number of nitrogens with one attached hydrogen (secondary N) is 2. The molecule has 1 aliphatic rings. The first-order valence-electron chi connectivity index (χ1n) is 11.7. The molecule has 3 rings (SSSR count). The summed E-state index contributed by atoms with van der Waals surface area (Å²) in [4.78, 5) is 25.5. The molecule has 0 fully saturated rings. The lowest BCUT2D eigenvalue weighted by Gasteiger charge is -2.30. The van der Waals surface area contributed by atoms with E-state index in [0.29, 0.717) is 18.7 Å². The molecule has 1 aromatic carbocycles. The average molecular weight is 508 g/mol. The molecule has 36 heavy (non-hydrogen) atoms. The third kappa shape index (κ3) is 7.08. The van der Waals surface area contributed by atoms with Gasteiger partial charge in [0.15, 0.2) is 5.82 Å². The van der Waals surface area contributed by atoms with E-state index in [2.05, 4.69) is 20.8 Å². The number of hydrogen-bond donors (Lipinski definition) is 2. The zero-order valence-electron chi connectivity index (χ0n) is 21.1. The summed E-state index contributed by atoms with van der Waals surface area (Å²) in [5, 5.41) is 13.6. The molecular weight excluding hydrogens is 475 g/mol. The lowest BCUT2D eigenvalue weighted by Crippen LogP contribution is -2.56. The van der Waals surface area contributed by atoms with Crippen molar-refractivity contribution in [1.29, 1.82) is 0 Å². The molecule has 0 bridgehead atoms.